The molecule has 0 saturated carbocycles. The van der Waals surface area contributed by atoms with Gasteiger partial charge in [-0.3, -0.25) is 14.6 Å². The molecule has 0 spiro atoms. The lowest BCUT2D eigenvalue weighted by molar-refractivity contribution is -0.140. The molecule has 132 valence electrons. The Kier molecular flexibility index (Phi) is 4.70. The molecule has 6 nitrogen and oxygen atoms in total. The van der Waals surface area contributed by atoms with Crippen molar-refractivity contribution < 1.29 is 4.79 Å². The number of carbonyl (C=O) groups is 1. The van der Waals surface area contributed by atoms with Crippen LogP contribution in [0.3, 0.4) is 0 Å². The van der Waals surface area contributed by atoms with Gasteiger partial charge in [0, 0.05) is 48.4 Å². The molecule has 3 heterocycles. The summed E-state index contributed by atoms with van der Waals surface area (Å²) in [5.74, 6) is 1.04. The number of carbonyl (C=O) groups excluding carboxylic acids is 1. The van der Waals surface area contributed by atoms with Crippen LogP contribution in [0, 0.1) is 5.41 Å². The summed E-state index contributed by atoms with van der Waals surface area (Å²) in [7, 11) is 0. The van der Waals surface area contributed by atoms with Crippen LogP contribution in [-0.2, 0) is 4.79 Å². The molecule has 1 fully saturated rings. The lowest BCUT2D eigenvalue weighted by Crippen LogP contribution is -2.44. The number of H-pyrrole nitrogens is 1. The summed E-state index contributed by atoms with van der Waals surface area (Å²) in [5, 5.41) is 0. The molecule has 25 heavy (non-hydrogen) atoms. The summed E-state index contributed by atoms with van der Waals surface area (Å²) in [6.07, 6.45) is 5.01. The number of likely N-dealkylation sites (tertiary alicyclic amines) is 1. The van der Waals surface area contributed by atoms with Crippen molar-refractivity contribution in [2.45, 2.75) is 39.5 Å². The van der Waals surface area contributed by atoms with Gasteiger partial charge < -0.3 is 9.88 Å². The van der Waals surface area contributed by atoms with Crippen LogP contribution in [0.5, 0.6) is 0 Å². The second kappa shape index (κ2) is 6.78. The van der Waals surface area contributed by atoms with Gasteiger partial charge in [0.05, 0.1) is 5.69 Å². The maximum Gasteiger partial charge on any atom is 0.251 e. The molecule has 1 aliphatic rings. The third-order valence-electron chi connectivity index (χ3n) is 4.53. The highest BCUT2D eigenvalue weighted by Gasteiger charge is 2.31. The van der Waals surface area contributed by atoms with Gasteiger partial charge in [-0.05, 0) is 25.0 Å². The number of aromatic amines is 1. The maximum atomic E-state index is 12.4. The van der Waals surface area contributed by atoms with Crippen molar-refractivity contribution >= 4 is 5.91 Å². The first kappa shape index (κ1) is 17.3. The zero-order chi connectivity index (χ0) is 18.0. The van der Waals surface area contributed by atoms with Gasteiger partial charge in [0.15, 0.2) is 0 Å². The minimum atomic E-state index is -0.361. The molecule has 1 aliphatic heterocycles. The lowest BCUT2D eigenvalue weighted by Gasteiger charge is -2.35. The number of rotatable bonds is 2. The number of nitrogens with one attached hydrogen (secondary N) is 1. The predicted octanol–water partition coefficient (Wildman–Crippen LogP) is 2.58. The molecule has 0 atom stereocenters. The quantitative estimate of drug-likeness (QED) is 0.911. The fourth-order valence-corrected chi connectivity index (χ4v) is 3.16. The van der Waals surface area contributed by atoms with Crippen molar-refractivity contribution in [2.75, 3.05) is 13.1 Å². The predicted molar refractivity (Wildman–Crippen MR) is 96.1 cm³/mol. The van der Waals surface area contributed by atoms with Gasteiger partial charge in [-0.1, -0.05) is 20.8 Å². The van der Waals surface area contributed by atoms with E-state index in [2.05, 4.69) is 15.0 Å². The molecule has 1 amide bonds. The summed E-state index contributed by atoms with van der Waals surface area (Å²) in [6, 6.07) is 5.22. The Balaban J connectivity index is 1.77. The molecule has 0 radical (unpaired) electrons. The fourth-order valence-electron chi connectivity index (χ4n) is 3.16. The van der Waals surface area contributed by atoms with E-state index >= 15 is 0 Å². The van der Waals surface area contributed by atoms with E-state index in [1.54, 1.807) is 12.4 Å². The number of hydrogen-bond acceptors (Lipinski definition) is 4. The Morgan fingerprint density at radius 3 is 2.60 bits per heavy atom. The standard InChI is InChI=1S/C19H24N4O2/c1-19(2,3)18(25)23-9-6-13(7-10-23)17-21-15(11-16(24)22-17)14-5-4-8-20-12-14/h4-5,8,11-13H,6-7,9-10H2,1-3H3,(H,21,22,24). The van der Waals surface area contributed by atoms with E-state index in [4.69, 9.17) is 0 Å². The van der Waals surface area contributed by atoms with E-state index in [0.717, 1.165) is 18.4 Å². The highest BCUT2D eigenvalue weighted by atomic mass is 16.2. The molecular weight excluding hydrogens is 316 g/mol. The molecule has 3 rings (SSSR count). The fraction of sp³-hybridized carbons (Fsp3) is 0.474. The Labute approximate surface area is 147 Å². The summed E-state index contributed by atoms with van der Waals surface area (Å²) in [4.78, 5) is 38.0. The third-order valence-corrected chi connectivity index (χ3v) is 4.53. The van der Waals surface area contributed by atoms with Crippen LogP contribution in [0.15, 0.2) is 35.4 Å². The molecule has 6 heteroatoms. The number of amides is 1. The monoisotopic (exact) mass is 340 g/mol. The Morgan fingerprint density at radius 2 is 2.00 bits per heavy atom. The lowest BCUT2D eigenvalue weighted by atomic mass is 9.90. The van der Waals surface area contributed by atoms with Gasteiger partial charge in [-0.2, -0.15) is 0 Å². The molecule has 1 N–H and O–H groups in total. The summed E-state index contributed by atoms with van der Waals surface area (Å²) >= 11 is 0. The zero-order valence-electron chi connectivity index (χ0n) is 15.0. The van der Waals surface area contributed by atoms with Gasteiger partial charge in [-0.25, -0.2) is 4.98 Å². The topological polar surface area (TPSA) is 79.0 Å². The Morgan fingerprint density at radius 1 is 1.28 bits per heavy atom. The number of aromatic nitrogens is 3. The summed E-state index contributed by atoms with van der Waals surface area (Å²) in [6.45, 7) is 7.22. The Hall–Kier alpha value is -2.50. The van der Waals surface area contributed by atoms with E-state index < -0.39 is 0 Å². The van der Waals surface area contributed by atoms with Crippen LogP contribution in [0.2, 0.25) is 0 Å². The number of pyridine rings is 1. The van der Waals surface area contributed by atoms with Gasteiger partial charge >= 0.3 is 0 Å². The van der Waals surface area contributed by atoms with Gasteiger partial charge in [0.25, 0.3) is 5.56 Å². The van der Waals surface area contributed by atoms with Crippen molar-refractivity contribution in [2.24, 2.45) is 5.41 Å². The highest BCUT2D eigenvalue weighted by molar-refractivity contribution is 5.81. The molecule has 0 unspecified atom stereocenters. The SMILES string of the molecule is CC(C)(C)C(=O)N1CCC(c2nc(-c3cccnc3)cc(=O)[nH]2)CC1. The number of hydrogen-bond donors (Lipinski definition) is 1. The first-order chi connectivity index (χ1) is 11.8. The van der Waals surface area contributed by atoms with Crippen LogP contribution in [0.1, 0.15) is 45.4 Å². The van der Waals surface area contributed by atoms with E-state index in [-0.39, 0.29) is 22.8 Å². The van der Waals surface area contributed by atoms with Gasteiger partial charge in [0.2, 0.25) is 5.91 Å². The van der Waals surface area contributed by atoms with Crippen LogP contribution < -0.4 is 5.56 Å². The van der Waals surface area contributed by atoms with Crippen molar-refractivity contribution in [1.82, 2.24) is 19.9 Å². The van der Waals surface area contributed by atoms with Crippen LogP contribution in [0.4, 0.5) is 0 Å². The van der Waals surface area contributed by atoms with Gasteiger partial charge in [-0.15, -0.1) is 0 Å². The zero-order valence-corrected chi connectivity index (χ0v) is 15.0. The first-order valence-corrected chi connectivity index (χ1v) is 8.65. The minimum absolute atomic E-state index is 0.156. The molecule has 2 aromatic rings. The van der Waals surface area contributed by atoms with Crippen LogP contribution >= 0.6 is 0 Å². The van der Waals surface area contributed by atoms with Gasteiger partial charge in [0.1, 0.15) is 5.82 Å². The highest BCUT2D eigenvalue weighted by Crippen LogP contribution is 2.28. The molecule has 0 aliphatic carbocycles. The average Bonchev–Trinajstić information content (AvgIpc) is 2.61. The largest absolute Gasteiger partial charge is 0.342 e. The van der Waals surface area contributed by atoms with Crippen molar-refractivity contribution in [3.63, 3.8) is 0 Å². The Bertz CT molecular complexity index is 800. The molecule has 0 aromatic carbocycles. The normalized spacial score (nSPS) is 16.0. The molecule has 0 bridgehead atoms. The molecular formula is C19H24N4O2. The average molecular weight is 340 g/mol. The van der Waals surface area contributed by atoms with Crippen molar-refractivity contribution in [3.8, 4) is 11.3 Å². The smallest absolute Gasteiger partial charge is 0.251 e. The molecule has 2 aromatic heterocycles. The maximum absolute atomic E-state index is 12.4. The van der Waals surface area contributed by atoms with E-state index in [0.29, 0.717) is 24.6 Å². The minimum Gasteiger partial charge on any atom is -0.342 e. The summed E-state index contributed by atoms with van der Waals surface area (Å²) in [5.41, 5.74) is 0.951. The van der Waals surface area contributed by atoms with Crippen molar-refractivity contribution in [1.29, 1.82) is 0 Å². The first-order valence-electron chi connectivity index (χ1n) is 8.65. The number of nitrogens with zero attached hydrogens (tertiary/aromatic N) is 3. The van der Waals surface area contributed by atoms with E-state index in [1.807, 2.05) is 37.8 Å². The van der Waals surface area contributed by atoms with E-state index in [1.165, 1.54) is 6.07 Å². The van der Waals surface area contributed by atoms with E-state index in [9.17, 15) is 9.59 Å². The van der Waals surface area contributed by atoms with Crippen LogP contribution in [0.25, 0.3) is 11.3 Å². The number of piperidine rings is 1. The second-order valence-corrected chi connectivity index (χ2v) is 7.57. The molecule has 1 saturated heterocycles. The van der Waals surface area contributed by atoms with Crippen molar-refractivity contribution in [3.05, 3.63) is 46.8 Å². The summed E-state index contributed by atoms with van der Waals surface area (Å²) < 4.78 is 0. The second-order valence-electron chi connectivity index (χ2n) is 7.57. The van der Waals surface area contributed by atoms with Crippen LogP contribution in [-0.4, -0.2) is 38.8 Å². The third kappa shape index (κ3) is 3.95.